The van der Waals surface area contributed by atoms with Crippen LogP contribution in [0.25, 0.3) is 10.9 Å². The largest absolute Gasteiger partial charge is 0.356 e. The monoisotopic (exact) mass is 381 g/mol. The maximum atomic E-state index is 13.6. The average Bonchev–Trinajstić information content (AvgIpc) is 3.46. The number of fused-ring (bicyclic) bond motifs is 1. The van der Waals surface area contributed by atoms with E-state index < -0.39 is 0 Å². The van der Waals surface area contributed by atoms with Crippen molar-refractivity contribution in [2.75, 3.05) is 44.3 Å². The number of carbonyl (C=O) groups is 1. The van der Waals surface area contributed by atoms with Crippen molar-refractivity contribution < 1.29 is 14.3 Å². The van der Waals surface area contributed by atoms with Gasteiger partial charge in [-0.15, -0.1) is 0 Å². The van der Waals surface area contributed by atoms with E-state index in [9.17, 15) is 4.79 Å². The number of aromatic nitrogens is 1. The van der Waals surface area contributed by atoms with Crippen molar-refractivity contribution >= 4 is 22.6 Å². The van der Waals surface area contributed by atoms with E-state index in [0.717, 1.165) is 67.6 Å². The van der Waals surface area contributed by atoms with Crippen molar-refractivity contribution in [3.8, 4) is 0 Å². The summed E-state index contributed by atoms with van der Waals surface area (Å²) in [5, 5.41) is 1.02. The van der Waals surface area contributed by atoms with Gasteiger partial charge >= 0.3 is 0 Å². The lowest BCUT2D eigenvalue weighted by Gasteiger charge is -2.35. The summed E-state index contributed by atoms with van der Waals surface area (Å²) in [5.41, 5.74) is 1.68. The predicted molar refractivity (Wildman–Crippen MR) is 108 cm³/mol. The molecule has 0 aliphatic carbocycles. The van der Waals surface area contributed by atoms with E-state index in [0.29, 0.717) is 19.8 Å². The quantitative estimate of drug-likeness (QED) is 0.818. The minimum Gasteiger partial charge on any atom is -0.356 e. The molecule has 1 amide bonds. The fourth-order valence-electron chi connectivity index (χ4n) is 4.67. The molecule has 0 bridgehead atoms. The highest BCUT2D eigenvalue weighted by molar-refractivity contribution is 6.02. The van der Waals surface area contributed by atoms with Crippen LogP contribution in [0.15, 0.2) is 30.3 Å². The molecule has 2 aromatic rings. The molecule has 28 heavy (non-hydrogen) atoms. The van der Waals surface area contributed by atoms with Gasteiger partial charge in [0.05, 0.1) is 24.3 Å². The summed E-state index contributed by atoms with van der Waals surface area (Å²) >= 11 is 0. The Kier molecular flexibility index (Phi) is 4.91. The fourth-order valence-corrected chi connectivity index (χ4v) is 4.67. The zero-order valence-corrected chi connectivity index (χ0v) is 16.2. The molecule has 0 radical (unpaired) electrons. The standard InChI is InChI=1S/C22H27N3O3/c26-21(25-11-5-7-17(15-25)22-27-12-13-28-22)18-14-16-6-1-2-8-19(16)23-20(18)24-9-3-4-10-24/h1-2,6,8,14,17,22H,3-5,7,9-13,15H2. The summed E-state index contributed by atoms with van der Waals surface area (Å²) in [6.07, 6.45) is 4.18. The molecular weight excluding hydrogens is 354 g/mol. The normalized spacial score (nSPS) is 23.6. The number of carbonyl (C=O) groups excluding carboxylic acids is 1. The molecular formula is C22H27N3O3. The van der Waals surface area contributed by atoms with Gasteiger partial charge < -0.3 is 19.3 Å². The lowest BCUT2D eigenvalue weighted by atomic mass is 9.96. The maximum Gasteiger partial charge on any atom is 0.257 e. The van der Waals surface area contributed by atoms with E-state index >= 15 is 0 Å². The molecule has 6 heteroatoms. The number of hydrogen-bond acceptors (Lipinski definition) is 5. The van der Waals surface area contributed by atoms with E-state index in [1.54, 1.807) is 0 Å². The number of para-hydroxylation sites is 1. The Morgan fingerprint density at radius 1 is 1.04 bits per heavy atom. The Balaban J connectivity index is 1.46. The molecule has 4 heterocycles. The van der Waals surface area contributed by atoms with Crippen LogP contribution in [0.1, 0.15) is 36.0 Å². The van der Waals surface area contributed by atoms with Gasteiger partial charge in [-0.3, -0.25) is 4.79 Å². The summed E-state index contributed by atoms with van der Waals surface area (Å²) < 4.78 is 11.4. The van der Waals surface area contributed by atoms with Crippen molar-refractivity contribution in [2.45, 2.75) is 32.0 Å². The van der Waals surface area contributed by atoms with Gasteiger partial charge in [0.15, 0.2) is 6.29 Å². The highest BCUT2D eigenvalue weighted by Gasteiger charge is 2.34. The zero-order chi connectivity index (χ0) is 18.9. The van der Waals surface area contributed by atoms with Gasteiger partial charge in [0.2, 0.25) is 0 Å². The minimum absolute atomic E-state index is 0.0860. The van der Waals surface area contributed by atoms with Crippen LogP contribution in [0.5, 0.6) is 0 Å². The second-order valence-electron chi connectivity index (χ2n) is 8.01. The third-order valence-corrected chi connectivity index (χ3v) is 6.12. The number of piperidine rings is 1. The molecule has 3 aliphatic heterocycles. The van der Waals surface area contributed by atoms with Crippen molar-refractivity contribution in [3.05, 3.63) is 35.9 Å². The summed E-state index contributed by atoms with van der Waals surface area (Å²) in [7, 11) is 0. The lowest BCUT2D eigenvalue weighted by molar-refractivity contribution is -0.0969. The smallest absolute Gasteiger partial charge is 0.257 e. The molecule has 3 fully saturated rings. The molecule has 0 spiro atoms. The van der Waals surface area contributed by atoms with Crippen LogP contribution in [0.3, 0.4) is 0 Å². The summed E-state index contributed by atoms with van der Waals surface area (Å²) in [4.78, 5) is 22.7. The number of amides is 1. The minimum atomic E-state index is -0.164. The first-order valence-corrected chi connectivity index (χ1v) is 10.5. The number of likely N-dealkylation sites (tertiary alicyclic amines) is 1. The molecule has 0 N–H and O–H groups in total. The average molecular weight is 381 g/mol. The van der Waals surface area contributed by atoms with Crippen molar-refractivity contribution in [1.29, 1.82) is 0 Å². The summed E-state index contributed by atoms with van der Waals surface area (Å²) in [5.74, 6) is 1.18. The van der Waals surface area contributed by atoms with Gasteiger partial charge in [-0.2, -0.15) is 0 Å². The highest BCUT2D eigenvalue weighted by Crippen LogP contribution is 2.30. The second kappa shape index (κ2) is 7.68. The number of benzene rings is 1. The van der Waals surface area contributed by atoms with Crippen molar-refractivity contribution in [2.24, 2.45) is 5.92 Å². The third-order valence-electron chi connectivity index (χ3n) is 6.12. The number of pyridine rings is 1. The molecule has 3 aliphatic rings. The highest BCUT2D eigenvalue weighted by atomic mass is 16.7. The van der Waals surface area contributed by atoms with Gasteiger partial charge in [0, 0.05) is 37.5 Å². The number of nitrogens with zero attached hydrogens (tertiary/aromatic N) is 3. The molecule has 0 saturated carbocycles. The molecule has 1 aromatic heterocycles. The SMILES string of the molecule is O=C(c1cc2ccccc2nc1N1CCCC1)N1CCCC(C2OCCO2)C1. The number of anilines is 1. The fraction of sp³-hybridized carbons (Fsp3) is 0.545. The molecule has 6 nitrogen and oxygen atoms in total. The summed E-state index contributed by atoms with van der Waals surface area (Å²) in [6.45, 7) is 4.73. The van der Waals surface area contributed by atoms with Crippen LogP contribution < -0.4 is 4.90 Å². The van der Waals surface area contributed by atoms with Gasteiger partial charge in [-0.1, -0.05) is 18.2 Å². The van der Waals surface area contributed by atoms with Gasteiger partial charge in [-0.05, 0) is 37.8 Å². The lowest BCUT2D eigenvalue weighted by Crippen LogP contribution is -2.44. The Morgan fingerprint density at radius 3 is 2.64 bits per heavy atom. The Morgan fingerprint density at radius 2 is 1.82 bits per heavy atom. The first kappa shape index (κ1) is 17.9. The van der Waals surface area contributed by atoms with Crippen LogP contribution >= 0.6 is 0 Å². The first-order valence-electron chi connectivity index (χ1n) is 10.5. The zero-order valence-electron chi connectivity index (χ0n) is 16.2. The van der Waals surface area contributed by atoms with Crippen LogP contribution in [-0.4, -0.2) is 61.5 Å². The third kappa shape index (κ3) is 3.35. The van der Waals surface area contributed by atoms with E-state index in [1.165, 1.54) is 0 Å². The van der Waals surface area contributed by atoms with Gasteiger partial charge in [0.25, 0.3) is 5.91 Å². The van der Waals surface area contributed by atoms with Crippen LogP contribution in [0.2, 0.25) is 0 Å². The summed E-state index contributed by atoms with van der Waals surface area (Å²) in [6, 6.07) is 10.1. The van der Waals surface area contributed by atoms with Crippen molar-refractivity contribution in [3.63, 3.8) is 0 Å². The first-order chi connectivity index (χ1) is 13.8. The molecule has 3 saturated heterocycles. The van der Waals surface area contributed by atoms with E-state index in [2.05, 4.69) is 4.90 Å². The van der Waals surface area contributed by atoms with E-state index in [1.807, 2.05) is 35.2 Å². The Labute approximate surface area is 165 Å². The number of ether oxygens (including phenoxy) is 2. The Hall–Kier alpha value is -2.18. The van der Waals surface area contributed by atoms with Crippen LogP contribution in [-0.2, 0) is 9.47 Å². The number of rotatable bonds is 3. The molecule has 1 unspecified atom stereocenters. The predicted octanol–water partition coefficient (Wildman–Crippen LogP) is 3.06. The Bertz CT molecular complexity index is 859. The van der Waals surface area contributed by atoms with E-state index in [4.69, 9.17) is 14.5 Å². The van der Waals surface area contributed by atoms with Crippen molar-refractivity contribution in [1.82, 2.24) is 9.88 Å². The van der Waals surface area contributed by atoms with Crippen LogP contribution in [0.4, 0.5) is 5.82 Å². The van der Waals surface area contributed by atoms with Crippen LogP contribution in [0, 0.1) is 5.92 Å². The molecule has 1 atom stereocenters. The maximum absolute atomic E-state index is 13.6. The van der Waals surface area contributed by atoms with E-state index in [-0.39, 0.29) is 18.1 Å². The molecule has 148 valence electrons. The topological polar surface area (TPSA) is 54.9 Å². The molecule has 5 rings (SSSR count). The second-order valence-corrected chi connectivity index (χ2v) is 8.01. The number of hydrogen-bond donors (Lipinski definition) is 0. The van der Waals surface area contributed by atoms with Gasteiger partial charge in [-0.25, -0.2) is 4.98 Å². The molecule has 1 aromatic carbocycles. The van der Waals surface area contributed by atoms with Gasteiger partial charge in [0.1, 0.15) is 5.82 Å².